The standard InChI is InChI=1S/C13H35FO4Si4/c1-19(2,3)16-21(7,8)18-22(9,17-20(4,5)6)12-10-11-15-13-14/h10-13H2,1-9H3. The molecule has 1 atom stereocenters. The first-order chi connectivity index (χ1) is 9.68. The minimum atomic E-state index is -2.35. The van der Waals surface area contributed by atoms with Gasteiger partial charge in [0, 0.05) is 6.61 Å². The Morgan fingerprint density at radius 2 is 1.23 bits per heavy atom. The van der Waals surface area contributed by atoms with Crippen LogP contribution in [0.15, 0.2) is 0 Å². The SMILES string of the molecule is C[Si](C)(C)O[Si](C)(C)O[Si](C)(CCCOCF)O[Si](C)(C)C. The molecular weight excluding hydrogens is 351 g/mol. The predicted molar refractivity (Wildman–Crippen MR) is 100 cm³/mol. The van der Waals surface area contributed by atoms with E-state index in [9.17, 15) is 4.39 Å². The molecule has 0 spiro atoms. The summed E-state index contributed by atoms with van der Waals surface area (Å²) in [7, 11) is -7.96. The van der Waals surface area contributed by atoms with Crippen molar-refractivity contribution in [3.05, 3.63) is 0 Å². The average molecular weight is 387 g/mol. The van der Waals surface area contributed by atoms with Crippen molar-refractivity contribution in [2.75, 3.05) is 13.5 Å². The van der Waals surface area contributed by atoms with Crippen molar-refractivity contribution >= 4 is 33.8 Å². The van der Waals surface area contributed by atoms with Gasteiger partial charge in [-0.2, -0.15) is 0 Å². The smallest absolute Gasteiger partial charge is 0.315 e. The maximum Gasteiger partial charge on any atom is 0.315 e. The van der Waals surface area contributed by atoms with Crippen LogP contribution in [0.2, 0.25) is 65.0 Å². The number of alkyl halides is 1. The third-order valence-corrected chi connectivity index (χ3v) is 16.1. The van der Waals surface area contributed by atoms with E-state index in [-0.39, 0.29) is 0 Å². The van der Waals surface area contributed by atoms with Gasteiger partial charge in [0.1, 0.15) is 0 Å². The van der Waals surface area contributed by atoms with Crippen LogP contribution in [0.5, 0.6) is 0 Å². The topological polar surface area (TPSA) is 36.9 Å². The lowest BCUT2D eigenvalue weighted by Gasteiger charge is -2.41. The van der Waals surface area contributed by atoms with E-state index in [4.69, 9.17) is 17.1 Å². The van der Waals surface area contributed by atoms with Crippen LogP contribution in [0.1, 0.15) is 6.42 Å². The summed E-state index contributed by atoms with van der Waals surface area (Å²) in [6, 6.07) is 0.808. The van der Waals surface area contributed by atoms with Crippen molar-refractivity contribution in [2.24, 2.45) is 0 Å². The normalized spacial score (nSPS) is 16.6. The molecule has 0 amide bonds. The summed E-state index contributed by atoms with van der Waals surface area (Å²) in [6.07, 6.45) is 0.758. The molecule has 0 heterocycles. The van der Waals surface area contributed by atoms with Crippen LogP contribution in [-0.4, -0.2) is 47.2 Å². The third kappa shape index (κ3) is 12.1. The van der Waals surface area contributed by atoms with Crippen molar-refractivity contribution in [2.45, 2.75) is 71.4 Å². The Kier molecular flexibility index (Phi) is 8.90. The van der Waals surface area contributed by atoms with Gasteiger partial charge in [0.2, 0.25) is 0 Å². The van der Waals surface area contributed by atoms with E-state index >= 15 is 0 Å². The van der Waals surface area contributed by atoms with Crippen LogP contribution in [0.4, 0.5) is 4.39 Å². The van der Waals surface area contributed by atoms with Gasteiger partial charge < -0.3 is 17.1 Å². The molecule has 4 nitrogen and oxygen atoms in total. The van der Waals surface area contributed by atoms with Gasteiger partial charge in [0.05, 0.1) is 0 Å². The number of rotatable bonds is 11. The molecular formula is C13H35FO4Si4. The molecule has 0 fully saturated rings. The molecule has 134 valence electrons. The van der Waals surface area contributed by atoms with Crippen molar-refractivity contribution in [3.8, 4) is 0 Å². The first-order valence-corrected chi connectivity index (χ1v) is 20.1. The van der Waals surface area contributed by atoms with Gasteiger partial charge >= 0.3 is 17.1 Å². The van der Waals surface area contributed by atoms with Gasteiger partial charge in [-0.05, 0) is 71.4 Å². The Hall–Kier alpha value is 0.638. The quantitative estimate of drug-likeness (QED) is 0.377. The van der Waals surface area contributed by atoms with Crippen LogP contribution in [0.3, 0.4) is 0 Å². The molecule has 0 rings (SSSR count). The minimum absolute atomic E-state index is 0.411. The van der Waals surface area contributed by atoms with Gasteiger partial charge in [-0.3, -0.25) is 0 Å². The largest absolute Gasteiger partial charge is 0.437 e. The van der Waals surface area contributed by atoms with Crippen molar-refractivity contribution < 1.29 is 21.5 Å². The van der Waals surface area contributed by atoms with E-state index in [1.807, 2.05) is 0 Å². The second kappa shape index (κ2) is 8.65. The lowest BCUT2D eigenvalue weighted by molar-refractivity contribution is 0.0576. The molecule has 0 bridgehead atoms. The molecule has 0 aromatic heterocycles. The van der Waals surface area contributed by atoms with Crippen molar-refractivity contribution in [1.82, 2.24) is 0 Å². The van der Waals surface area contributed by atoms with Gasteiger partial charge in [0.15, 0.2) is 23.5 Å². The first kappa shape index (κ1) is 22.6. The van der Waals surface area contributed by atoms with Gasteiger partial charge in [0.25, 0.3) is 0 Å². The molecule has 0 aliphatic heterocycles. The van der Waals surface area contributed by atoms with Crippen molar-refractivity contribution in [3.63, 3.8) is 0 Å². The first-order valence-electron chi connectivity index (χ1n) is 7.92. The van der Waals surface area contributed by atoms with Gasteiger partial charge in [-0.15, -0.1) is 0 Å². The zero-order valence-corrected chi connectivity index (χ0v) is 19.8. The Morgan fingerprint density at radius 3 is 1.64 bits per heavy atom. The van der Waals surface area contributed by atoms with E-state index in [1.165, 1.54) is 0 Å². The fourth-order valence-corrected chi connectivity index (χ4v) is 20.5. The highest BCUT2D eigenvalue weighted by Crippen LogP contribution is 2.27. The third-order valence-electron chi connectivity index (χ3n) is 2.53. The molecule has 0 N–H and O–H groups in total. The summed E-state index contributed by atoms with van der Waals surface area (Å²) in [6.45, 7) is 19.1. The summed E-state index contributed by atoms with van der Waals surface area (Å²) in [5.41, 5.74) is 0. The highest BCUT2D eigenvalue weighted by Gasteiger charge is 2.44. The lowest BCUT2D eigenvalue weighted by Crippen LogP contribution is -2.56. The van der Waals surface area contributed by atoms with Crippen LogP contribution >= 0.6 is 0 Å². The summed E-state index contributed by atoms with van der Waals surface area (Å²) < 4.78 is 36.1. The lowest BCUT2D eigenvalue weighted by atomic mass is 10.5. The van der Waals surface area contributed by atoms with Crippen LogP contribution < -0.4 is 0 Å². The maximum absolute atomic E-state index is 12.1. The summed E-state index contributed by atoms with van der Waals surface area (Å²) >= 11 is 0. The Morgan fingerprint density at radius 1 is 0.727 bits per heavy atom. The van der Waals surface area contributed by atoms with E-state index < -0.39 is 40.6 Å². The zero-order chi connectivity index (χ0) is 17.7. The Bertz CT molecular complexity index is 331. The average Bonchev–Trinajstić information content (AvgIpc) is 2.16. The van der Waals surface area contributed by atoms with Crippen LogP contribution in [0, 0.1) is 0 Å². The maximum atomic E-state index is 12.1. The highest BCUT2D eigenvalue weighted by molar-refractivity contribution is 6.89. The highest BCUT2D eigenvalue weighted by atomic mass is 28.5. The Labute approximate surface area is 140 Å². The number of hydrogen-bond acceptors (Lipinski definition) is 4. The van der Waals surface area contributed by atoms with E-state index in [2.05, 4.69) is 58.9 Å². The minimum Gasteiger partial charge on any atom is -0.437 e. The second-order valence-electron chi connectivity index (χ2n) is 8.19. The van der Waals surface area contributed by atoms with E-state index in [0.29, 0.717) is 6.61 Å². The molecule has 0 saturated carbocycles. The monoisotopic (exact) mass is 386 g/mol. The fraction of sp³-hybridized carbons (Fsp3) is 1.00. The summed E-state index contributed by atoms with van der Waals surface area (Å²) in [5, 5.41) is 0. The molecule has 0 radical (unpaired) electrons. The molecule has 0 aliphatic rings. The van der Waals surface area contributed by atoms with E-state index in [1.54, 1.807) is 0 Å². The second-order valence-corrected chi connectivity index (χ2v) is 24.7. The Balaban J connectivity index is 4.90. The summed E-state index contributed by atoms with van der Waals surface area (Å²) in [4.78, 5) is 0. The molecule has 0 aliphatic carbocycles. The molecule has 22 heavy (non-hydrogen) atoms. The zero-order valence-electron chi connectivity index (χ0n) is 15.8. The summed E-state index contributed by atoms with van der Waals surface area (Å²) in [5.74, 6) is 0. The fourth-order valence-electron chi connectivity index (χ4n) is 2.60. The number of halogens is 1. The number of ether oxygens (including phenoxy) is 1. The molecule has 9 heteroatoms. The van der Waals surface area contributed by atoms with Crippen LogP contribution in [-0.2, 0) is 17.1 Å². The van der Waals surface area contributed by atoms with Crippen molar-refractivity contribution in [1.29, 1.82) is 0 Å². The predicted octanol–water partition coefficient (Wildman–Crippen LogP) is 4.81. The van der Waals surface area contributed by atoms with Gasteiger partial charge in [-0.1, -0.05) is 0 Å². The molecule has 0 aromatic rings. The van der Waals surface area contributed by atoms with Gasteiger partial charge in [-0.25, -0.2) is 4.39 Å². The van der Waals surface area contributed by atoms with Crippen LogP contribution in [0.25, 0.3) is 0 Å². The molecule has 0 aromatic carbocycles. The molecule has 1 unspecified atom stereocenters. The number of hydrogen-bond donors (Lipinski definition) is 0. The van der Waals surface area contributed by atoms with E-state index in [0.717, 1.165) is 12.5 Å². The molecule has 0 saturated heterocycles.